The number of allylic oxidation sites excluding steroid dienone is 1. The summed E-state index contributed by atoms with van der Waals surface area (Å²) < 4.78 is 4.49. The molecule has 168 valence electrons. The van der Waals surface area contributed by atoms with Crippen LogP contribution < -0.4 is 11.4 Å². The first kappa shape index (κ1) is 20.7. The van der Waals surface area contributed by atoms with Gasteiger partial charge < -0.3 is 0 Å². The molecule has 7 heteroatoms. The molecule has 0 radical (unpaired) electrons. The van der Waals surface area contributed by atoms with Gasteiger partial charge in [-0.3, -0.25) is 0 Å². The summed E-state index contributed by atoms with van der Waals surface area (Å²) >= 11 is 1.50. The van der Waals surface area contributed by atoms with E-state index in [1.807, 2.05) is 66.7 Å². The van der Waals surface area contributed by atoms with E-state index in [9.17, 15) is 9.59 Å². The lowest BCUT2D eigenvalue weighted by atomic mass is 9.92. The summed E-state index contributed by atoms with van der Waals surface area (Å²) in [5, 5.41) is 0.461. The molecule has 1 aromatic heterocycles. The van der Waals surface area contributed by atoms with Crippen LogP contribution in [0.25, 0.3) is 5.69 Å². The molecule has 0 bridgehead atoms. The Bertz CT molecular complexity index is 1530. The maximum atomic E-state index is 13.8. The molecule has 0 saturated carbocycles. The zero-order valence-electron chi connectivity index (χ0n) is 18.5. The average molecular weight is 467 g/mol. The fraction of sp³-hybridized carbons (Fsp3) is 0.148. The van der Waals surface area contributed by atoms with Crippen molar-refractivity contribution >= 4 is 16.8 Å². The van der Waals surface area contributed by atoms with E-state index in [1.165, 1.54) is 16.3 Å². The fourth-order valence-corrected chi connectivity index (χ4v) is 5.87. The molecular weight excluding hydrogens is 444 g/mol. The monoisotopic (exact) mass is 466 g/mol. The summed E-state index contributed by atoms with van der Waals surface area (Å²) in [7, 11) is 0. The van der Waals surface area contributed by atoms with Crippen LogP contribution in [0.3, 0.4) is 0 Å². The number of rotatable bonds is 4. The summed E-state index contributed by atoms with van der Waals surface area (Å²) in [4.78, 5) is 32.4. The van der Waals surface area contributed by atoms with Crippen molar-refractivity contribution in [2.24, 2.45) is 4.99 Å². The molecule has 2 aliphatic heterocycles. The first-order chi connectivity index (χ1) is 16.6. The zero-order chi connectivity index (χ0) is 23.2. The topological polar surface area (TPSA) is 61.3 Å². The second kappa shape index (κ2) is 8.18. The Morgan fingerprint density at radius 2 is 1.38 bits per heavy atom. The predicted molar refractivity (Wildman–Crippen MR) is 136 cm³/mol. The van der Waals surface area contributed by atoms with Gasteiger partial charge in [-0.25, -0.2) is 28.5 Å². The van der Waals surface area contributed by atoms with Crippen molar-refractivity contribution in [3.63, 3.8) is 0 Å². The SMILES string of the molecule is C[C@H](c1ccccc1)[C@H]1C=C2N=C(c3ccccc3)S[C@H]2n2c(=O)n(-c3ccccc3)c(=O)n21. The van der Waals surface area contributed by atoms with Crippen molar-refractivity contribution in [1.29, 1.82) is 0 Å². The van der Waals surface area contributed by atoms with Gasteiger partial charge in [-0.1, -0.05) is 97.5 Å². The van der Waals surface area contributed by atoms with E-state index in [4.69, 9.17) is 4.99 Å². The maximum Gasteiger partial charge on any atom is 0.353 e. The normalized spacial score (nSPS) is 19.7. The van der Waals surface area contributed by atoms with Gasteiger partial charge in [0.15, 0.2) is 0 Å². The van der Waals surface area contributed by atoms with Gasteiger partial charge in [0.2, 0.25) is 0 Å². The molecule has 0 spiro atoms. The lowest BCUT2D eigenvalue weighted by molar-refractivity contribution is 0.353. The Morgan fingerprint density at radius 3 is 2.06 bits per heavy atom. The minimum Gasteiger partial charge on any atom is -0.245 e. The Kier molecular flexibility index (Phi) is 4.99. The molecule has 2 aliphatic rings. The lowest BCUT2D eigenvalue weighted by Crippen LogP contribution is -2.37. The molecule has 4 aromatic rings. The van der Waals surface area contributed by atoms with Crippen molar-refractivity contribution in [2.45, 2.75) is 24.3 Å². The maximum absolute atomic E-state index is 13.8. The van der Waals surface area contributed by atoms with Gasteiger partial charge in [0.1, 0.15) is 10.4 Å². The number of aliphatic imine (C=N–C) groups is 1. The molecule has 0 N–H and O–H groups in total. The van der Waals surface area contributed by atoms with E-state index in [-0.39, 0.29) is 28.7 Å². The Balaban J connectivity index is 1.55. The number of benzene rings is 3. The highest BCUT2D eigenvalue weighted by molar-refractivity contribution is 8.14. The molecule has 3 atom stereocenters. The third-order valence-electron chi connectivity index (χ3n) is 6.43. The van der Waals surface area contributed by atoms with E-state index in [2.05, 4.69) is 25.1 Å². The largest absolute Gasteiger partial charge is 0.353 e. The van der Waals surface area contributed by atoms with Crippen LogP contribution in [0, 0.1) is 0 Å². The smallest absolute Gasteiger partial charge is 0.245 e. The van der Waals surface area contributed by atoms with E-state index in [0.29, 0.717) is 5.69 Å². The van der Waals surface area contributed by atoms with Gasteiger partial charge in [0.05, 0.1) is 17.4 Å². The highest BCUT2D eigenvalue weighted by atomic mass is 32.2. The van der Waals surface area contributed by atoms with E-state index in [0.717, 1.165) is 21.9 Å². The molecule has 0 unspecified atom stereocenters. The van der Waals surface area contributed by atoms with Gasteiger partial charge in [-0.05, 0) is 23.8 Å². The molecule has 3 heterocycles. The second-order valence-electron chi connectivity index (χ2n) is 8.46. The number of fused-ring (bicyclic) bond motifs is 3. The highest BCUT2D eigenvalue weighted by Gasteiger charge is 2.40. The number of hydrogen-bond acceptors (Lipinski definition) is 4. The van der Waals surface area contributed by atoms with Crippen LogP contribution in [0.4, 0.5) is 0 Å². The molecule has 34 heavy (non-hydrogen) atoms. The average Bonchev–Trinajstić information content (AvgIpc) is 3.43. The summed E-state index contributed by atoms with van der Waals surface area (Å²) in [6.07, 6.45) is 2.06. The summed E-state index contributed by atoms with van der Waals surface area (Å²) in [6, 6.07) is 28.8. The Labute approximate surface area is 200 Å². The van der Waals surface area contributed by atoms with Gasteiger partial charge >= 0.3 is 11.4 Å². The second-order valence-corrected chi connectivity index (χ2v) is 9.53. The molecule has 6 nitrogen and oxygen atoms in total. The van der Waals surface area contributed by atoms with Crippen molar-refractivity contribution in [3.8, 4) is 5.69 Å². The quantitative estimate of drug-likeness (QED) is 0.437. The predicted octanol–water partition coefficient (Wildman–Crippen LogP) is 4.74. The number of hydrogen-bond donors (Lipinski definition) is 0. The van der Waals surface area contributed by atoms with E-state index < -0.39 is 0 Å². The van der Waals surface area contributed by atoms with Crippen LogP contribution in [0.15, 0.2) is 117 Å². The van der Waals surface area contributed by atoms with E-state index in [1.54, 1.807) is 21.5 Å². The van der Waals surface area contributed by atoms with Crippen LogP contribution in [0.5, 0.6) is 0 Å². The van der Waals surface area contributed by atoms with Crippen LogP contribution in [0.1, 0.15) is 35.4 Å². The van der Waals surface area contributed by atoms with Crippen molar-refractivity contribution < 1.29 is 0 Å². The van der Waals surface area contributed by atoms with Crippen molar-refractivity contribution in [1.82, 2.24) is 13.9 Å². The summed E-state index contributed by atoms with van der Waals surface area (Å²) in [5.74, 6) is -0.0365. The van der Waals surface area contributed by atoms with Crippen LogP contribution in [0.2, 0.25) is 0 Å². The third-order valence-corrected chi connectivity index (χ3v) is 7.65. The first-order valence-corrected chi connectivity index (χ1v) is 12.1. The van der Waals surface area contributed by atoms with Gasteiger partial charge in [0.25, 0.3) is 0 Å². The number of thioether (sulfide) groups is 1. The van der Waals surface area contributed by atoms with E-state index >= 15 is 0 Å². The molecule has 0 aliphatic carbocycles. The van der Waals surface area contributed by atoms with Gasteiger partial charge in [-0.15, -0.1) is 0 Å². The Morgan fingerprint density at radius 1 is 0.794 bits per heavy atom. The van der Waals surface area contributed by atoms with Crippen LogP contribution >= 0.6 is 11.8 Å². The van der Waals surface area contributed by atoms with Gasteiger partial charge in [0, 0.05) is 11.5 Å². The molecule has 0 saturated heterocycles. The Hall–Kier alpha value is -3.84. The van der Waals surface area contributed by atoms with Crippen molar-refractivity contribution in [3.05, 3.63) is 135 Å². The minimum atomic E-state index is -0.389. The summed E-state index contributed by atoms with van der Waals surface area (Å²) in [5.41, 5.74) is 2.77. The van der Waals surface area contributed by atoms with Gasteiger partial charge in [-0.2, -0.15) is 0 Å². The summed E-state index contributed by atoms with van der Waals surface area (Å²) in [6.45, 7) is 2.09. The number of para-hydroxylation sites is 1. The lowest BCUT2D eigenvalue weighted by Gasteiger charge is -2.30. The van der Waals surface area contributed by atoms with Crippen molar-refractivity contribution in [2.75, 3.05) is 0 Å². The molecular formula is C27H22N4O2S. The first-order valence-electron chi connectivity index (χ1n) is 11.2. The number of aromatic nitrogens is 3. The fourth-order valence-electron chi connectivity index (χ4n) is 4.68. The molecule has 0 amide bonds. The molecule has 6 rings (SSSR count). The third kappa shape index (κ3) is 3.23. The number of nitrogens with zero attached hydrogens (tertiary/aromatic N) is 4. The molecule has 0 fully saturated rings. The van der Waals surface area contributed by atoms with Crippen LogP contribution in [-0.2, 0) is 0 Å². The zero-order valence-corrected chi connectivity index (χ0v) is 19.3. The highest BCUT2D eigenvalue weighted by Crippen LogP contribution is 2.45. The standard InChI is InChI=1S/C27H22N4O2S/c1-18(19-11-5-2-6-12-19)23-17-22-25(34-24(28-22)20-13-7-3-8-14-20)31-27(33)29(26(32)30(23)31)21-15-9-4-10-16-21/h2-18,23,25H,1H3/t18-,23-,25-/m1/s1. The molecule has 3 aromatic carbocycles. The van der Waals surface area contributed by atoms with Crippen LogP contribution in [-0.4, -0.2) is 19.0 Å². The minimum absolute atomic E-state index is 0.0365.